The van der Waals surface area contributed by atoms with Crippen molar-refractivity contribution in [3.05, 3.63) is 113 Å². The predicted molar refractivity (Wildman–Crippen MR) is 141 cm³/mol. The van der Waals surface area contributed by atoms with E-state index in [0.717, 1.165) is 12.0 Å². The van der Waals surface area contributed by atoms with Gasteiger partial charge < -0.3 is 15.5 Å². The molecule has 0 aliphatic carbocycles. The second kappa shape index (κ2) is 12.3. The van der Waals surface area contributed by atoms with Crippen LogP contribution >= 0.6 is 11.6 Å². The van der Waals surface area contributed by atoms with Crippen molar-refractivity contribution < 1.29 is 9.59 Å². The number of amides is 2. The van der Waals surface area contributed by atoms with E-state index in [1.165, 1.54) is 17.2 Å². The van der Waals surface area contributed by atoms with E-state index in [1.54, 1.807) is 18.2 Å². The largest absolute Gasteiger partial charge is 0.351 e. The fourth-order valence-corrected chi connectivity index (χ4v) is 4.40. The predicted octanol–water partition coefficient (Wildman–Crippen LogP) is 4.49. The van der Waals surface area contributed by atoms with Gasteiger partial charge in [-0.15, -0.1) is 0 Å². The highest BCUT2D eigenvalue weighted by Gasteiger charge is 2.26. The molecule has 3 aromatic rings. The molecule has 0 aromatic heterocycles. The van der Waals surface area contributed by atoms with E-state index in [4.69, 9.17) is 11.6 Å². The van der Waals surface area contributed by atoms with Gasteiger partial charge in [0, 0.05) is 42.7 Å². The van der Waals surface area contributed by atoms with Crippen LogP contribution in [-0.2, 0) is 9.59 Å². The van der Waals surface area contributed by atoms with E-state index in [2.05, 4.69) is 34.9 Å². The number of hydrogen-bond donors (Lipinski definition) is 2. The quantitative estimate of drug-likeness (QED) is 0.460. The summed E-state index contributed by atoms with van der Waals surface area (Å²) >= 11 is 5.90. The number of carbonyl (C=O) groups excluding carboxylic acids is 2. The average molecular weight is 488 g/mol. The molecule has 1 aliphatic heterocycles. The molecule has 6 heteroatoms. The number of nitrogens with one attached hydrogen (secondary N) is 2. The van der Waals surface area contributed by atoms with Gasteiger partial charge in [-0.1, -0.05) is 84.4 Å². The third kappa shape index (κ3) is 7.28. The molecule has 0 unspecified atom stereocenters. The molecule has 2 amide bonds. The highest BCUT2D eigenvalue weighted by molar-refractivity contribution is 6.30. The molecule has 4 rings (SSSR count). The van der Waals surface area contributed by atoms with Crippen molar-refractivity contribution in [2.24, 2.45) is 0 Å². The van der Waals surface area contributed by atoms with Crippen LogP contribution in [0.25, 0.3) is 6.08 Å². The zero-order chi connectivity index (χ0) is 24.5. The zero-order valence-corrected chi connectivity index (χ0v) is 20.3. The Morgan fingerprint density at radius 3 is 2.26 bits per heavy atom. The summed E-state index contributed by atoms with van der Waals surface area (Å²) in [5.74, 6) is 0.0244. The minimum atomic E-state index is -0.164. The summed E-state index contributed by atoms with van der Waals surface area (Å²) < 4.78 is 0. The summed E-state index contributed by atoms with van der Waals surface area (Å²) in [5.41, 5.74) is 3.30. The smallest absolute Gasteiger partial charge is 0.244 e. The number of halogens is 1. The van der Waals surface area contributed by atoms with Gasteiger partial charge >= 0.3 is 0 Å². The molecule has 0 radical (unpaired) electrons. The fraction of sp³-hybridized carbons (Fsp3) is 0.241. The maximum Gasteiger partial charge on any atom is 0.244 e. The van der Waals surface area contributed by atoms with E-state index in [1.807, 2.05) is 53.4 Å². The molecule has 0 saturated carbocycles. The summed E-state index contributed by atoms with van der Waals surface area (Å²) in [5, 5.41) is 6.91. The van der Waals surface area contributed by atoms with Gasteiger partial charge in [0.15, 0.2) is 0 Å². The van der Waals surface area contributed by atoms with Crippen molar-refractivity contribution in [1.82, 2.24) is 15.5 Å². The molecule has 2 N–H and O–H groups in total. The molecule has 1 fully saturated rings. The van der Waals surface area contributed by atoms with E-state index in [9.17, 15) is 9.59 Å². The lowest BCUT2D eigenvalue weighted by molar-refractivity contribution is -0.129. The topological polar surface area (TPSA) is 61.4 Å². The Labute approximate surface area is 211 Å². The molecule has 1 atom stereocenters. The minimum absolute atomic E-state index is 0.0312. The van der Waals surface area contributed by atoms with Gasteiger partial charge in [0.05, 0.1) is 6.54 Å². The second-order valence-corrected chi connectivity index (χ2v) is 9.15. The van der Waals surface area contributed by atoms with Crippen LogP contribution in [0.5, 0.6) is 0 Å². The van der Waals surface area contributed by atoms with E-state index < -0.39 is 0 Å². The van der Waals surface area contributed by atoms with Crippen molar-refractivity contribution in [2.75, 3.05) is 26.2 Å². The van der Waals surface area contributed by atoms with Crippen molar-refractivity contribution >= 4 is 29.5 Å². The van der Waals surface area contributed by atoms with Gasteiger partial charge in [-0.3, -0.25) is 9.59 Å². The first-order chi connectivity index (χ1) is 17.1. The summed E-state index contributed by atoms with van der Waals surface area (Å²) in [7, 11) is 0. The molecule has 0 bridgehead atoms. The number of benzene rings is 3. The lowest BCUT2D eigenvalue weighted by Crippen LogP contribution is -2.41. The highest BCUT2D eigenvalue weighted by Crippen LogP contribution is 2.26. The lowest BCUT2D eigenvalue weighted by atomic mass is 9.90. The van der Waals surface area contributed by atoms with Crippen molar-refractivity contribution in [3.63, 3.8) is 0 Å². The molecule has 35 heavy (non-hydrogen) atoms. The monoisotopic (exact) mass is 487 g/mol. The minimum Gasteiger partial charge on any atom is -0.351 e. The standard InChI is InChI=1S/C29H30ClN3O2/c30-25-14-11-22(12-15-25)13-16-28(34)32-19-26-17-18-33(29(35)20-31-26)21-27(23-7-3-1-4-8-23)24-9-5-2-6-10-24/h1-16,26-27,31H,17-21H2,(H,32,34)/b16-13+/t26-/m0/s1. The fourth-order valence-electron chi connectivity index (χ4n) is 4.27. The van der Waals surface area contributed by atoms with Crippen molar-refractivity contribution in [2.45, 2.75) is 18.4 Å². The first kappa shape index (κ1) is 24.7. The SMILES string of the molecule is O=C(/C=C/c1ccc(Cl)cc1)NC[C@@H]1CCN(CC(c2ccccc2)c2ccccc2)C(=O)CN1. The Morgan fingerprint density at radius 2 is 1.63 bits per heavy atom. The molecular weight excluding hydrogens is 458 g/mol. The molecule has 1 heterocycles. The van der Waals surface area contributed by atoms with Crippen LogP contribution in [0.2, 0.25) is 5.02 Å². The Kier molecular flexibility index (Phi) is 8.71. The molecule has 3 aromatic carbocycles. The Balaban J connectivity index is 1.33. The average Bonchev–Trinajstić information content (AvgIpc) is 3.07. The number of carbonyl (C=O) groups is 2. The van der Waals surface area contributed by atoms with Crippen LogP contribution in [0.3, 0.4) is 0 Å². The third-order valence-corrected chi connectivity index (χ3v) is 6.52. The van der Waals surface area contributed by atoms with Crippen LogP contribution in [0, 0.1) is 0 Å². The highest BCUT2D eigenvalue weighted by atomic mass is 35.5. The number of nitrogens with zero attached hydrogens (tertiary/aromatic N) is 1. The van der Waals surface area contributed by atoms with E-state index >= 15 is 0 Å². The third-order valence-electron chi connectivity index (χ3n) is 6.27. The Morgan fingerprint density at radius 1 is 1.00 bits per heavy atom. The molecule has 1 aliphatic rings. The summed E-state index contributed by atoms with van der Waals surface area (Å²) in [6.07, 6.45) is 4.04. The Hall–Kier alpha value is -3.41. The number of rotatable bonds is 8. The first-order valence-electron chi connectivity index (χ1n) is 11.9. The molecule has 180 valence electrons. The zero-order valence-electron chi connectivity index (χ0n) is 19.6. The van der Waals surface area contributed by atoms with Gasteiger partial charge in [0.1, 0.15) is 0 Å². The van der Waals surface area contributed by atoms with Crippen LogP contribution in [0.1, 0.15) is 29.0 Å². The maximum absolute atomic E-state index is 12.9. The van der Waals surface area contributed by atoms with Crippen LogP contribution in [0.4, 0.5) is 0 Å². The lowest BCUT2D eigenvalue weighted by Gasteiger charge is -2.27. The van der Waals surface area contributed by atoms with E-state index in [0.29, 0.717) is 24.7 Å². The molecule has 0 spiro atoms. The van der Waals surface area contributed by atoms with Gasteiger partial charge in [0.25, 0.3) is 0 Å². The molecule has 1 saturated heterocycles. The molecular formula is C29H30ClN3O2. The summed E-state index contributed by atoms with van der Waals surface area (Å²) in [4.78, 5) is 27.1. The van der Waals surface area contributed by atoms with Crippen molar-refractivity contribution in [3.8, 4) is 0 Å². The summed E-state index contributed by atoms with van der Waals surface area (Å²) in [6, 6.07) is 28.0. The Bertz CT molecular complexity index is 1090. The van der Waals surface area contributed by atoms with Gasteiger partial charge in [-0.05, 0) is 41.3 Å². The summed E-state index contributed by atoms with van der Waals surface area (Å²) in [6.45, 7) is 1.99. The van der Waals surface area contributed by atoms with Gasteiger partial charge in [0.2, 0.25) is 11.8 Å². The normalized spacial score (nSPS) is 16.5. The van der Waals surface area contributed by atoms with Crippen LogP contribution in [0.15, 0.2) is 91.0 Å². The van der Waals surface area contributed by atoms with Crippen LogP contribution < -0.4 is 10.6 Å². The maximum atomic E-state index is 12.9. The second-order valence-electron chi connectivity index (χ2n) is 8.71. The first-order valence-corrected chi connectivity index (χ1v) is 12.3. The van der Waals surface area contributed by atoms with Crippen molar-refractivity contribution in [1.29, 1.82) is 0 Å². The van der Waals surface area contributed by atoms with Crippen LogP contribution in [-0.4, -0.2) is 48.9 Å². The number of hydrogen-bond acceptors (Lipinski definition) is 3. The van der Waals surface area contributed by atoms with E-state index in [-0.39, 0.29) is 30.3 Å². The molecule has 5 nitrogen and oxygen atoms in total. The van der Waals surface area contributed by atoms with Gasteiger partial charge in [-0.2, -0.15) is 0 Å². The van der Waals surface area contributed by atoms with Gasteiger partial charge in [-0.25, -0.2) is 0 Å².